The van der Waals surface area contributed by atoms with Crippen molar-refractivity contribution in [2.75, 3.05) is 31.4 Å². The normalized spacial score (nSPS) is 17.9. The molecule has 118 valence electrons. The van der Waals surface area contributed by atoms with E-state index in [4.69, 9.17) is 11.6 Å². The Kier molecular flexibility index (Phi) is 5.90. The number of hydrogen-bond donors (Lipinski definition) is 2. The van der Waals surface area contributed by atoms with Crippen LogP contribution < -0.4 is 10.0 Å². The molecular weight excluding hydrogens is 378 g/mol. The van der Waals surface area contributed by atoms with Crippen molar-refractivity contribution in [3.05, 3.63) is 27.7 Å². The topological polar surface area (TPSA) is 61.4 Å². The summed E-state index contributed by atoms with van der Waals surface area (Å²) in [5.74, 6) is 0.547. The molecular formula is C13H19BrClN3O2S. The molecule has 5 nitrogen and oxygen atoms in total. The molecule has 0 spiro atoms. The first-order valence-electron chi connectivity index (χ1n) is 6.80. The molecule has 0 aliphatic carbocycles. The molecule has 1 heterocycles. The lowest BCUT2D eigenvalue weighted by atomic mass is 9.98. The highest BCUT2D eigenvalue weighted by Gasteiger charge is 2.27. The van der Waals surface area contributed by atoms with Gasteiger partial charge >= 0.3 is 10.2 Å². The van der Waals surface area contributed by atoms with Crippen LogP contribution in [0.5, 0.6) is 0 Å². The van der Waals surface area contributed by atoms with Crippen LogP contribution in [0.3, 0.4) is 0 Å². The minimum Gasteiger partial charge on any atom is -0.319 e. The maximum absolute atomic E-state index is 12.4. The third-order valence-corrected chi connectivity index (χ3v) is 6.33. The molecule has 1 fully saturated rings. The molecule has 0 saturated carbocycles. The molecule has 1 aromatic rings. The fourth-order valence-electron chi connectivity index (χ4n) is 2.42. The lowest BCUT2D eigenvalue weighted by Crippen LogP contribution is -2.43. The minimum absolute atomic E-state index is 0.503. The van der Waals surface area contributed by atoms with Crippen LogP contribution in [-0.4, -0.2) is 39.4 Å². The zero-order chi connectivity index (χ0) is 15.5. The molecule has 1 aromatic carbocycles. The van der Waals surface area contributed by atoms with E-state index in [0.717, 1.165) is 19.4 Å². The molecule has 0 atom stereocenters. The summed E-state index contributed by atoms with van der Waals surface area (Å²) in [6, 6.07) is 4.97. The Morgan fingerprint density at radius 1 is 1.38 bits per heavy atom. The zero-order valence-corrected chi connectivity index (χ0v) is 14.9. The number of halogens is 2. The monoisotopic (exact) mass is 395 g/mol. The Bertz CT molecular complexity index is 589. The second-order valence-corrected chi connectivity index (χ2v) is 8.07. The summed E-state index contributed by atoms with van der Waals surface area (Å²) in [5.41, 5.74) is 0.503. The van der Waals surface area contributed by atoms with E-state index in [-0.39, 0.29) is 0 Å². The first-order chi connectivity index (χ1) is 9.92. The van der Waals surface area contributed by atoms with Gasteiger partial charge < -0.3 is 5.32 Å². The predicted molar refractivity (Wildman–Crippen MR) is 89.9 cm³/mol. The Morgan fingerprint density at radius 3 is 2.62 bits per heavy atom. The fraction of sp³-hybridized carbons (Fsp3) is 0.538. The average molecular weight is 397 g/mol. The van der Waals surface area contributed by atoms with Crippen molar-refractivity contribution in [2.24, 2.45) is 5.92 Å². The summed E-state index contributed by atoms with van der Waals surface area (Å²) >= 11 is 9.19. The number of benzene rings is 1. The molecule has 0 unspecified atom stereocenters. The van der Waals surface area contributed by atoms with Crippen LogP contribution in [0, 0.1) is 5.92 Å². The smallest absolute Gasteiger partial charge is 0.301 e. The SMILES string of the molecule is CNCC1CCN(S(=O)(=O)Nc2ccc(Cl)c(Br)c2)CC1. The summed E-state index contributed by atoms with van der Waals surface area (Å²) < 4.78 is 29.5. The highest BCUT2D eigenvalue weighted by molar-refractivity contribution is 9.10. The number of hydrogen-bond acceptors (Lipinski definition) is 3. The fourth-order valence-corrected chi connectivity index (χ4v) is 4.16. The number of piperidine rings is 1. The lowest BCUT2D eigenvalue weighted by Gasteiger charge is -2.31. The third-order valence-electron chi connectivity index (χ3n) is 3.57. The zero-order valence-electron chi connectivity index (χ0n) is 11.8. The molecule has 0 aromatic heterocycles. The summed E-state index contributed by atoms with van der Waals surface area (Å²) in [6.45, 7) is 2.04. The summed E-state index contributed by atoms with van der Waals surface area (Å²) in [5, 5.41) is 3.69. The van der Waals surface area contributed by atoms with Gasteiger partial charge in [0.25, 0.3) is 0 Å². The maximum atomic E-state index is 12.4. The van der Waals surface area contributed by atoms with E-state index in [9.17, 15) is 8.42 Å². The largest absolute Gasteiger partial charge is 0.319 e. The van der Waals surface area contributed by atoms with E-state index in [2.05, 4.69) is 26.0 Å². The maximum Gasteiger partial charge on any atom is 0.301 e. The van der Waals surface area contributed by atoms with E-state index in [1.807, 2.05) is 7.05 Å². The van der Waals surface area contributed by atoms with Crippen molar-refractivity contribution in [2.45, 2.75) is 12.8 Å². The van der Waals surface area contributed by atoms with E-state index in [0.29, 0.717) is 34.2 Å². The predicted octanol–water partition coefficient (Wildman–Crippen LogP) is 2.69. The molecule has 0 radical (unpaired) electrons. The molecule has 21 heavy (non-hydrogen) atoms. The molecule has 0 amide bonds. The first-order valence-corrected chi connectivity index (χ1v) is 9.41. The van der Waals surface area contributed by atoms with Gasteiger partial charge in [0.15, 0.2) is 0 Å². The molecule has 1 aliphatic rings. The molecule has 1 saturated heterocycles. The van der Waals surface area contributed by atoms with Crippen LogP contribution in [0.1, 0.15) is 12.8 Å². The summed E-state index contributed by atoms with van der Waals surface area (Å²) in [7, 11) is -1.59. The van der Waals surface area contributed by atoms with Gasteiger partial charge in [-0.25, -0.2) is 0 Å². The summed E-state index contributed by atoms with van der Waals surface area (Å²) in [4.78, 5) is 0. The molecule has 8 heteroatoms. The van der Waals surface area contributed by atoms with Gasteiger partial charge in [-0.2, -0.15) is 12.7 Å². The van der Waals surface area contributed by atoms with E-state index < -0.39 is 10.2 Å². The van der Waals surface area contributed by atoms with Crippen LogP contribution in [0.2, 0.25) is 5.02 Å². The Balaban J connectivity index is 2.00. The Hall–Kier alpha value is -0.340. The number of anilines is 1. The number of nitrogens with zero attached hydrogens (tertiary/aromatic N) is 1. The van der Waals surface area contributed by atoms with Gasteiger partial charge in [0.2, 0.25) is 0 Å². The second-order valence-electron chi connectivity index (χ2n) is 5.14. The highest BCUT2D eigenvalue weighted by atomic mass is 79.9. The highest BCUT2D eigenvalue weighted by Crippen LogP contribution is 2.27. The van der Waals surface area contributed by atoms with Crippen molar-refractivity contribution in [1.29, 1.82) is 0 Å². The lowest BCUT2D eigenvalue weighted by molar-refractivity contribution is 0.272. The van der Waals surface area contributed by atoms with Gasteiger partial charge in [0, 0.05) is 17.6 Å². The van der Waals surface area contributed by atoms with Gasteiger partial charge in [-0.3, -0.25) is 4.72 Å². The van der Waals surface area contributed by atoms with Crippen molar-refractivity contribution < 1.29 is 8.42 Å². The van der Waals surface area contributed by atoms with Crippen LogP contribution in [-0.2, 0) is 10.2 Å². The van der Waals surface area contributed by atoms with Gasteiger partial charge in [0.05, 0.1) is 10.7 Å². The Morgan fingerprint density at radius 2 is 2.05 bits per heavy atom. The minimum atomic E-state index is -3.51. The molecule has 2 rings (SSSR count). The first kappa shape index (κ1) is 17.0. The van der Waals surface area contributed by atoms with Gasteiger partial charge in [-0.1, -0.05) is 11.6 Å². The van der Waals surface area contributed by atoms with Crippen molar-refractivity contribution in [3.63, 3.8) is 0 Å². The van der Waals surface area contributed by atoms with Gasteiger partial charge in [-0.05, 0) is 66.5 Å². The summed E-state index contributed by atoms with van der Waals surface area (Å²) in [6.07, 6.45) is 1.76. The molecule has 2 N–H and O–H groups in total. The average Bonchev–Trinajstić information content (AvgIpc) is 2.44. The molecule has 1 aliphatic heterocycles. The quantitative estimate of drug-likeness (QED) is 0.804. The van der Waals surface area contributed by atoms with Gasteiger partial charge in [0.1, 0.15) is 0 Å². The van der Waals surface area contributed by atoms with E-state index >= 15 is 0 Å². The van der Waals surface area contributed by atoms with Gasteiger partial charge in [-0.15, -0.1) is 0 Å². The number of rotatable bonds is 5. The van der Waals surface area contributed by atoms with E-state index in [1.54, 1.807) is 18.2 Å². The van der Waals surface area contributed by atoms with Crippen molar-refractivity contribution >= 4 is 43.4 Å². The second kappa shape index (κ2) is 7.28. The Labute approximate surface area is 139 Å². The van der Waals surface area contributed by atoms with Crippen molar-refractivity contribution in [1.82, 2.24) is 9.62 Å². The number of nitrogens with one attached hydrogen (secondary N) is 2. The van der Waals surface area contributed by atoms with Crippen LogP contribution >= 0.6 is 27.5 Å². The standard InChI is InChI=1S/C13H19BrClN3O2S/c1-16-9-10-4-6-18(7-5-10)21(19,20)17-11-2-3-13(15)12(14)8-11/h2-3,8,10,16-17H,4-7,9H2,1H3. The van der Waals surface area contributed by atoms with Crippen LogP contribution in [0.4, 0.5) is 5.69 Å². The van der Waals surface area contributed by atoms with Crippen LogP contribution in [0.25, 0.3) is 0 Å². The van der Waals surface area contributed by atoms with E-state index in [1.165, 1.54) is 4.31 Å². The third kappa shape index (κ3) is 4.56. The van der Waals surface area contributed by atoms with Crippen molar-refractivity contribution in [3.8, 4) is 0 Å². The van der Waals surface area contributed by atoms with Crippen LogP contribution in [0.15, 0.2) is 22.7 Å². The molecule has 0 bridgehead atoms.